The Morgan fingerprint density at radius 2 is 2.07 bits per heavy atom. The zero-order valence-electron chi connectivity index (χ0n) is 16.9. The van der Waals surface area contributed by atoms with Gasteiger partial charge in [-0.15, -0.1) is 24.0 Å². The van der Waals surface area contributed by atoms with Gasteiger partial charge in [-0.1, -0.05) is 6.92 Å². The summed E-state index contributed by atoms with van der Waals surface area (Å²) in [6.45, 7) is 10.2. The van der Waals surface area contributed by atoms with Crippen molar-refractivity contribution in [1.82, 2.24) is 14.9 Å². The Balaban J connectivity index is 0.00000676. The standard InChI is InChI=1S/C17H36N4O4S.HI/c1-4-18-17(19-9-6-11-21(5-2)26(3,22)23)20-10-7-12-24-14-16-8-13-25-15-16;/h16H,4-15H2,1-3H3,(H2,18,19,20);1H. The predicted octanol–water partition coefficient (Wildman–Crippen LogP) is 1.27. The van der Waals surface area contributed by atoms with Crippen LogP contribution in [0.2, 0.25) is 0 Å². The fraction of sp³-hybridized carbons (Fsp3) is 0.941. The summed E-state index contributed by atoms with van der Waals surface area (Å²) in [7, 11) is -3.12. The molecule has 0 aromatic heterocycles. The number of aliphatic imine (C=N–C) groups is 1. The molecule has 162 valence electrons. The summed E-state index contributed by atoms with van der Waals surface area (Å²) in [6.07, 6.45) is 3.96. The molecule has 0 aliphatic carbocycles. The molecule has 1 fully saturated rings. The minimum absolute atomic E-state index is 0. The number of nitrogens with zero attached hydrogens (tertiary/aromatic N) is 2. The fourth-order valence-electron chi connectivity index (χ4n) is 2.68. The lowest BCUT2D eigenvalue weighted by Gasteiger charge is -2.18. The zero-order valence-corrected chi connectivity index (χ0v) is 20.1. The summed E-state index contributed by atoms with van der Waals surface area (Å²) in [6, 6.07) is 0. The third kappa shape index (κ3) is 12.8. The van der Waals surface area contributed by atoms with Gasteiger partial charge in [0.15, 0.2) is 5.96 Å². The number of hydrogen-bond donors (Lipinski definition) is 2. The smallest absolute Gasteiger partial charge is 0.211 e. The molecule has 1 saturated heterocycles. The molecule has 0 saturated carbocycles. The summed E-state index contributed by atoms with van der Waals surface area (Å²) in [5.41, 5.74) is 0. The Bertz CT molecular complexity index is 499. The third-order valence-corrected chi connectivity index (χ3v) is 5.52. The number of halogens is 1. The van der Waals surface area contributed by atoms with E-state index in [1.807, 2.05) is 13.8 Å². The van der Waals surface area contributed by atoms with Crippen LogP contribution in [0.15, 0.2) is 4.99 Å². The second-order valence-electron chi connectivity index (χ2n) is 6.45. The Labute approximate surface area is 181 Å². The molecule has 1 atom stereocenters. The maximum absolute atomic E-state index is 11.6. The fourth-order valence-corrected chi connectivity index (χ4v) is 3.61. The summed E-state index contributed by atoms with van der Waals surface area (Å²) >= 11 is 0. The maximum atomic E-state index is 11.6. The van der Waals surface area contributed by atoms with Crippen molar-refractivity contribution in [2.45, 2.75) is 33.1 Å². The predicted molar refractivity (Wildman–Crippen MR) is 120 cm³/mol. The topological polar surface area (TPSA) is 92.3 Å². The van der Waals surface area contributed by atoms with E-state index in [0.29, 0.717) is 38.7 Å². The van der Waals surface area contributed by atoms with Crippen LogP contribution in [0.5, 0.6) is 0 Å². The van der Waals surface area contributed by atoms with Crippen molar-refractivity contribution < 1.29 is 17.9 Å². The van der Waals surface area contributed by atoms with Crippen molar-refractivity contribution in [3.05, 3.63) is 0 Å². The molecule has 2 N–H and O–H groups in total. The van der Waals surface area contributed by atoms with Gasteiger partial charge in [0, 0.05) is 51.9 Å². The Morgan fingerprint density at radius 3 is 2.67 bits per heavy atom. The second-order valence-corrected chi connectivity index (χ2v) is 8.44. The molecule has 1 rings (SSSR count). The largest absolute Gasteiger partial charge is 0.381 e. The van der Waals surface area contributed by atoms with Gasteiger partial charge in [0.2, 0.25) is 10.0 Å². The highest BCUT2D eigenvalue weighted by molar-refractivity contribution is 14.0. The van der Waals surface area contributed by atoms with Crippen LogP contribution in [0, 0.1) is 5.92 Å². The molecule has 1 aliphatic heterocycles. The van der Waals surface area contributed by atoms with Crippen molar-refractivity contribution >= 4 is 40.0 Å². The minimum atomic E-state index is -3.12. The maximum Gasteiger partial charge on any atom is 0.211 e. The molecule has 10 heteroatoms. The lowest BCUT2D eigenvalue weighted by atomic mass is 10.1. The molecule has 0 spiro atoms. The van der Waals surface area contributed by atoms with Crippen molar-refractivity contribution in [2.24, 2.45) is 10.9 Å². The van der Waals surface area contributed by atoms with Crippen molar-refractivity contribution in [3.8, 4) is 0 Å². The van der Waals surface area contributed by atoms with E-state index < -0.39 is 10.0 Å². The first-order valence-electron chi connectivity index (χ1n) is 9.60. The van der Waals surface area contributed by atoms with E-state index in [1.165, 1.54) is 10.6 Å². The molecule has 0 amide bonds. The van der Waals surface area contributed by atoms with Crippen LogP contribution in [0.3, 0.4) is 0 Å². The molecule has 1 heterocycles. The average molecular weight is 520 g/mol. The van der Waals surface area contributed by atoms with Gasteiger partial charge in [0.1, 0.15) is 0 Å². The van der Waals surface area contributed by atoms with E-state index >= 15 is 0 Å². The van der Waals surface area contributed by atoms with Gasteiger partial charge >= 0.3 is 0 Å². The molecule has 1 unspecified atom stereocenters. The van der Waals surface area contributed by atoms with E-state index in [2.05, 4.69) is 15.6 Å². The first-order valence-corrected chi connectivity index (χ1v) is 11.4. The highest BCUT2D eigenvalue weighted by atomic mass is 127. The number of guanidine groups is 1. The van der Waals surface area contributed by atoms with E-state index in [1.54, 1.807) is 0 Å². The van der Waals surface area contributed by atoms with Crippen LogP contribution in [-0.2, 0) is 19.5 Å². The molecule has 8 nitrogen and oxygen atoms in total. The van der Waals surface area contributed by atoms with Crippen LogP contribution >= 0.6 is 24.0 Å². The number of sulfonamides is 1. The van der Waals surface area contributed by atoms with E-state index in [9.17, 15) is 8.42 Å². The zero-order chi connectivity index (χ0) is 19.3. The lowest BCUT2D eigenvalue weighted by molar-refractivity contribution is 0.0893. The average Bonchev–Trinajstić information content (AvgIpc) is 3.10. The second kappa shape index (κ2) is 15.7. The Hall–Kier alpha value is -0.170. The van der Waals surface area contributed by atoms with Gasteiger partial charge in [-0.25, -0.2) is 12.7 Å². The summed E-state index contributed by atoms with van der Waals surface area (Å²) in [4.78, 5) is 4.53. The number of ether oxygens (including phenoxy) is 2. The molecule has 0 radical (unpaired) electrons. The number of hydrogen-bond acceptors (Lipinski definition) is 5. The van der Waals surface area contributed by atoms with Gasteiger partial charge in [0.05, 0.1) is 19.5 Å². The first kappa shape index (κ1) is 26.8. The van der Waals surface area contributed by atoms with Crippen LogP contribution in [0.4, 0.5) is 0 Å². The Kier molecular flexibility index (Phi) is 15.6. The van der Waals surface area contributed by atoms with Gasteiger partial charge in [-0.05, 0) is 26.2 Å². The van der Waals surface area contributed by atoms with Crippen LogP contribution < -0.4 is 10.6 Å². The highest BCUT2D eigenvalue weighted by Crippen LogP contribution is 2.12. The van der Waals surface area contributed by atoms with Gasteiger partial charge in [-0.3, -0.25) is 4.99 Å². The van der Waals surface area contributed by atoms with Crippen LogP contribution in [0.25, 0.3) is 0 Å². The van der Waals surface area contributed by atoms with Crippen molar-refractivity contribution in [2.75, 3.05) is 65.4 Å². The molecule has 0 bridgehead atoms. The van der Waals surface area contributed by atoms with Gasteiger partial charge < -0.3 is 20.1 Å². The van der Waals surface area contributed by atoms with E-state index in [-0.39, 0.29) is 24.0 Å². The molecular formula is C17H37IN4O4S. The third-order valence-electron chi connectivity index (χ3n) is 4.14. The highest BCUT2D eigenvalue weighted by Gasteiger charge is 2.15. The van der Waals surface area contributed by atoms with Crippen molar-refractivity contribution in [3.63, 3.8) is 0 Å². The van der Waals surface area contributed by atoms with E-state index in [4.69, 9.17) is 9.47 Å². The summed E-state index contributed by atoms with van der Waals surface area (Å²) < 4.78 is 35.6. The summed E-state index contributed by atoms with van der Waals surface area (Å²) in [5.74, 6) is 1.31. The van der Waals surface area contributed by atoms with Crippen LogP contribution in [-0.4, -0.2) is 84.1 Å². The Morgan fingerprint density at radius 1 is 1.30 bits per heavy atom. The lowest BCUT2D eigenvalue weighted by Crippen LogP contribution is -2.39. The number of nitrogens with one attached hydrogen (secondary N) is 2. The first-order chi connectivity index (χ1) is 12.5. The van der Waals surface area contributed by atoms with Crippen molar-refractivity contribution in [1.29, 1.82) is 0 Å². The van der Waals surface area contributed by atoms with E-state index in [0.717, 1.165) is 51.6 Å². The minimum Gasteiger partial charge on any atom is -0.381 e. The van der Waals surface area contributed by atoms with Gasteiger partial charge in [-0.2, -0.15) is 0 Å². The quantitative estimate of drug-likeness (QED) is 0.165. The van der Waals surface area contributed by atoms with Gasteiger partial charge in [0.25, 0.3) is 0 Å². The molecule has 27 heavy (non-hydrogen) atoms. The SMILES string of the molecule is CCNC(=NCCCOCC1CCOC1)NCCCN(CC)S(C)(=O)=O.I. The molecule has 0 aromatic carbocycles. The number of rotatable bonds is 13. The molecular weight excluding hydrogens is 483 g/mol. The monoisotopic (exact) mass is 520 g/mol. The molecule has 0 aromatic rings. The van der Waals surface area contributed by atoms with Crippen LogP contribution in [0.1, 0.15) is 33.1 Å². The normalized spacial score (nSPS) is 17.8. The molecule has 1 aliphatic rings. The summed E-state index contributed by atoms with van der Waals surface area (Å²) in [5, 5.41) is 6.45.